The van der Waals surface area contributed by atoms with Gasteiger partial charge in [-0.05, 0) is 87.5 Å². The van der Waals surface area contributed by atoms with Crippen molar-refractivity contribution < 1.29 is 4.79 Å². The molecule has 2 amide bonds. The van der Waals surface area contributed by atoms with E-state index in [2.05, 4.69) is 15.5 Å². The van der Waals surface area contributed by atoms with Gasteiger partial charge in [-0.25, -0.2) is 4.79 Å². The predicted molar refractivity (Wildman–Crippen MR) is 90.1 cm³/mol. The predicted octanol–water partition coefficient (Wildman–Crippen LogP) is 2.59. The Labute approximate surface area is 139 Å². The van der Waals surface area contributed by atoms with Crippen LogP contribution in [0.15, 0.2) is 0 Å². The molecule has 2 N–H and O–H groups in total. The van der Waals surface area contributed by atoms with Crippen LogP contribution in [0.4, 0.5) is 4.79 Å². The van der Waals surface area contributed by atoms with Gasteiger partial charge in [0.05, 0.1) is 0 Å². The van der Waals surface area contributed by atoms with E-state index in [-0.39, 0.29) is 6.03 Å². The van der Waals surface area contributed by atoms with E-state index in [9.17, 15) is 4.79 Å². The van der Waals surface area contributed by atoms with E-state index in [1.807, 2.05) is 0 Å². The Morgan fingerprint density at radius 2 is 1.65 bits per heavy atom. The smallest absolute Gasteiger partial charge is 0.315 e. The molecule has 0 radical (unpaired) electrons. The van der Waals surface area contributed by atoms with Gasteiger partial charge in [0, 0.05) is 25.2 Å². The summed E-state index contributed by atoms with van der Waals surface area (Å²) in [4.78, 5) is 15.0. The number of rotatable bonds is 4. The van der Waals surface area contributed by atoms with E-state index >= 15 is 0 Å². The molecule has 0 aromatic heterocycles. The van der Waals surface area contributed by atoms with E-state index in [0.29, 0.717) is 12.0 Å². The zero-order valence-electron chi connectivity index (χ0n) is 14.2. The van der Waals surface area contributed by atoms with Gasteiger partial charge in [-0.3, -0.25) is 0 Å². The van der Waals surface area contributed by atoms with E-state index in [0.717, 1.165) is 36.3 Å². The molecule has 1 saturated heterocycles. The quantitative estimate of drug-likeness (QED) is 0.837. The van der Waals surface area contributed by atoms with Crippen LogP contribution in [0.25, 0.3) is 0 Å². The standard InChI is InChI=1S/C19H31N3O/c23-19(20-10-12-3-4-22(11-12)17-1-2-17)21-18-15-6-13-5-14(8-15)9-16(18)7-13/h12-18H,1-11H2,(H2,20,21,23). The van der Waals surface area contributed by atoms with Crippen LogP contribution < -0.4 is 10.6 Å². The van der Waals surface area contributed by atoms with Gasteiger partial charge in [0.15, 0.2) is 0 Å². The van der Waals surface area contributed by atoms with Gasteiger partial charge in [-0.1, -0.05) is 0 Å². The molecule has 23 heavy (non-hydrogen) atoms. The van der Waals surface area contributed by atoms with Crippen molar-refractivity contribution in [1.29, 1.82) is 0 Å². The van der Waals surface area contributed by atoms with Crippen molar-refractivity contribution in [3.8, 4) is 0 Å². The zero-order valence-corrected chi connectivity index (χ0v) is 14.2. The summed E-state index contributed by atoms with van der Waals surface area (Å²) < 4.78 is 0. The van der Waals surface area contributed by atoms with Crippen molar-refractivity contribution in [3.63, 3.8) is 0 Å². The molecule has 6 aliphatic rings. The van der Waals surface area contributed by atoms with Gasteiger partial charge < -0.3 is 15.5 Å². The van der Waals surface area contributed by atoms with E-state index in [1.165, 1.54) is 64.5 Å². The Morgan fingerprint density at radius 3 is 2.30 bits per heavy atom. The van der Waals surface area contributed by atoms with Crippen molar-refractivity contribution >= 4 is 6.03 Å². The summed E-state index contributed by atoms with van der Waals surface area (Å²) >= 11 is 0. The number of carbonyl (C=O) groups excluding carboxylic acids is 1. The Kier molecular flexibility index (Phi) is 3.57. The van der Waals surface area contributed by atoms with Crippen LogP contribution in [0.3, 0.4) is 0 Å². The lowest BCUT2D eigenvalue weighted by atomic mass is 9.54. The van der Waals surface area contributed by atoms with Crippen LogP contribution in [0.2, 0.25) is 0 Å². The van der Waals surface area contributed by atoms with Crippen LogP contribution in [-0.2, 0) is 0 Å². The molecule has 1 heterocycles. The van der Waals surface area contributed by atoms with Crippen molar-refractivity contribution in [1.82, 2.24) is 15.5 Å². The number of amides is 2. The monoisotopic (exact) mass is 317 g/mol. The summed E-state index contributed by atoms with van der Waals surface area (Å²) in [7, 11) is 0. The second kappa shape index (κ2) is 5.65. The number of hydrogen-bond acceptors (Lipinski definition) is 2. The molecule has 5 aliphatic carbocycles. The minimum absolute atomic E-state index is 0.104. The average Bonchev–Trinajstić information content (AvgIpc) is 3.27. The summed E-state index contributed by atoms with van der Waals surface area (Å²) in [6, 6.07) is 1.45. The van der Waals surface area contributed by atoms with Crippen molar-refractivity contribution in [2.75, 3.05) is 19.6 Å². The highest BCUT2D eigenvalue weighted by Crippen LogP contribution is 2.53. The second-order valence-electron chi connectivity index (χ2n) is 9.19. The first-order valence-corrected chi connectivity index (χ1v) is 10.0. The highest BCUT2D eigenvalue weighted by molar-refractivity contribution is 5.74. The first-order chi connectivity index (χ1) is 11.2. The third kappa shape index (κ3) is 2.88. The molecule has 1 unspecified atom stereocenters. The van der Waals surface area contributed by atoms with Gasteiger partial charge >= 0.3 is 6.03 Å². The molecule has 5 saturated carbocycles. The molecule has 4 bridgehead atoms. The summed E-state index contributed by atoms with van der Waals surface area (Å²) in [6.45, 7) is 3.31. The molecule has 128 valence electrons. The number of nitrogens with one attached hydrogen (secondary N) is 2. The first-order valence-electron chi connectivity index (χ1n) is 10.0. The van der Waals surface area contributed by atoms with E-state index in [4.69, 9.17) is 0 Å². The fourth-order valence-corrected chi connectivity index (χ4v) is 6.40. The van der Waals surface area contributed by atoms with Gasteiger partial charge in [-0.15, -0.1) is 0 Å². The molecule has 1 atom stereocenters. The minimum Gasteiger partial charge on any atom is -0.338 e. The topological polar surface area (TPSA) is 44.4 Å². The fourth-order valence-electron chi connectivity index (χ4n) is 6.40. The zero-order chi connectivity index (χ0) is 15.4. The maximum absolute atomic E-state index is 12.4. The normalized spacial score (nSPS) is 45.4. The lowest BCUT2D eigenvalue weighted by molar-refractivity contribution is -0.00943. The van der Waals surface area contributed by atoms with Gasteiger partial charge in [0.25, 0.3) is 0 Å². The molecule has 4 heteroatoms. The fraction of sp³-hybridized carbons (Fsp3) is 0.947. The minimum atomic E-state index is 0.104. The maximum Gasteiger partial charge on any atom is 0.315 e. The molecule has 0 aromatic carbocycles. The molecule has 4 nitrogen and oxygen atoms in total. The number of urea groups is 1. The van der Waals surface area contributed by atoms with Gasteiger partial charge in [0.2, 0.25) is 0 Å². The lowest BCUT2D eigenvalue weighted by Gasteiger charge is -2.54. The highest BCUT2D eigenvalue weighted by Gasteiger charge is 2.48. The lowest BCUT2D eigenvalue weighted by Crippen LogP contribution is -2.57. The first kappa shape index (κ1) is 14.6. The number of likely N-dealkylation sites (tertiary alicyclic amines) is 1. The maximum atomic E-state index is 12.4. The summed E-state index contributed by atoms with van der Waals surface area (Å²) in [6.07, 6.45) is 11.0. The van der Waals surface area contributed by atoms with Gasteiger partial charge in [-0.2, -0.15) is 0 Å². The number of carbonyl (C=O) groups is 1. The van der Waals surface area contributed by atoms with Crippen LogP contribution in [0.1, 0.15) is 51.4 Å². The molecule has 0 aromatic rings. The molecule has 6 rings (SSSR count). The SMILES string of the molecule is O=C(NCC1CCN(C2CC2)C1)NC1C2CC3CC(C2)CC1C3. The van der Waals surface area contributed by atoms with Crippen molar-refractivity contribution in [2.45, 2.75) is 63.5 Å². The highest BCUT2D eigenvalue weighted by atomic mass is 16.2. The van der Waals surface area contributed by atoms with E-state index in [1.54, 1.807) is 0 Å². The largest absolute Gasteiger partial charge is 0.338 e. The summed E-state index contributed by atoms with van der Waals surface area (Å²) in [5, 5.41) is 6.56. The Bertz CT molecular complexity index is 447. The molecule has 0 spiro atoms. The third-order valence-corrected chi connectivity index (χ3v) is 7.46. The number of nitrogens with zero attached hydrogens (tertiary/aromatic N) is 1. The second-order valence-corrected chi connectivity index (χ2v) is 9.19. The van der Waals surface area contributed by atoms with Crippen LogP contribution in [-0.4, -0.2) is 42.6 Å². The Morgan fingerprint density at radius 1 is 0.957 bits per heavy atom. The Balaban J connectivity index is 1.10. The van der Waals surface area contributed by atoms with Crippen molar-refractivity contribution in [2.24, 2.45) is 29.6 Å². The number of hydrogen-bond donors (Lipinski definition) is 2. The van der Waals surface area contributed by atoms with Crippen LogP contribution in [0, 0.1) is 29.6 Å². The molecular weight excluding hydrogens is 286 g/mol. The molecule has 1 aliphatic heterocycles. The van der Waals surface area contributed by atoms with E-state index < -0.39 is 0 Å². The average molecular weight is 317 g/mol. The molecule has 6 fully saturated rings. The van der Waals surface area contributed by atoms with Crippen LogP contribution in [0.5, 0.6) is 0 Å². The Hall–Kier alpha value is -0.770. The third-order valence-electron chi connectivity index (χ3n) is 7.46. The van der Waals surface area contributed by atoms with Crippen molar-refractivity contribution in [3.05, 3.63) is 0 Å². The van der Waals surface area contributed by atoms with Crippen LogP contribution >= 0.6 is 0 Å². The molecular formula is C19H31N3O. The van der Waals surface area contributed by atoms with Gasteiger partial charge in [0.1, 0.15) is 0 Å². The summed E-state index contributed by atoms with van der Waals surface area (Å²) in [5.74, 6) is 4.17. The summed E-state index contributed by atoms with van der Waals surface area (Å²) in [5.41, 5.74) is 0.